The molecule has 5 nitrogen and oxygen atoms in total. The van der Waals surface area contributed by atoms with Crippen LogP contribution in [-0.2, 0) is 0 Å². The van der Waals surface area contributed by atoms with Gasteiger partial charge in [-0.15, -0.1) is 0 Å². The third kappa shape index (κ3) is 1.70. The lowest BCUT2D eigenvalue weighted by molar-refractivity contribution is -0.509. The van der Waals surface area contributed by atoms with Crippen molar-refractivity contribution in [2.75, 3.05) is 12.5 Å². The van der Waals surface area contributed by atoms with Crippen molar-refractivity contribution in [3.8, 4) is 17.2 Å². The van der Waals surface area contributed by atoms with Gasteiger partial charge in [0.1, 0.15) is 5.75 Å². The molecule has 112 valence electrons. The molecule has 0 atom stereocenters. The SMILES string of the molecule is Nc1cc(O)c2c[n+]3ccc4cc5c(cc4c3cc2c1)OCO5. The molecule has 5 heteroatoms. The second-order valence-electron chi connectivity index (χ2n) is 5.72. The molecule has 0 saturated heterocycles. The monoisotopic (exact) mass is 305 g/mol. The number of anilines is 1. The average molecular weight is 305 g/mol. The number of aromatic hydroxyl groups is 1. The first-order valence-electron chi connectivity index (χ1n) is 7.29. The third-order valence-electron chi connectivity index (χ3n) is 4.29. The van der Waals surface area contributed by atoms with Gasteiger partial charge in [0.25, 0.3) is 0 Å². The fourth-order valence-corrected chi connectivity index (χ4v) is 3.19. The standard InChI is InChI=1S/C18H12N2O3/c19-12-3-11-4-15-13-7-18-17(22-9-23-18)5-10(13)1-2-20(15)8-14(11)16(21)6-12/h1-8H,9H2,(H2,19,21)/p+1. The summed E-state index contributed by atoms with van der Waals surface area (Å²) < 4.78 is 12.9. The molecule has 0 bridgehead atoms. The van der Waals surface area contributed by atoms with Crippen LogP contribution in [-0.4, -0.2) is 11.9 Å². The molecule has 0 saturated carbocycles. The Bertz CT molecular complexity index is 1120. The zero-order valence-corrected chi connectivity index (χ0v) is 12.1. The van der Waals surface area contributed by atoms with Crippen LogP contribution in [0.4, 0.5) is 5.69 Å². The first kappa shape index (κ1) is 12.3. The minimum absolute atomic E-state index is 0.181. The molecule has 1 aliphatic rings. The molecule has 2 aromatic carbocycles. The van der Waals surface area contributed by atoms with Gasteiger partial charge < -0.3 is 20.3 Å². The number of benzene rings is 2. The molecule has 3 N–H and O–H groups in total. The summed E-state index contributed by atoms with van der Waals surface area (Å²) in [7, 11) is 0. The highest BCUT2D eigenvalue weighted by Crippen LogP contribution is 2.37. The molecule has 0 amide bonds. The predicted molar refractivity (Wildman–Crippen MR) is 86.8 cm³/mol. The molecule has 2 aromatic heterocycles. The van der Waals surface area contributed by atoms with Gasteiger partial charge in [-0.05, 0) is 23.6 Å². The van der Waals surface area contributed by atoms with E-state index in [-0.39, 0.29) is 12.5 Å². The van der Waals surface area contributed by atoms with E-state index >= 15 is 0 Å². The van der Waals surface area contributed by atoms with E-state index < -0.39 is 0 Å². The van der Waals surface area contributed by atoms with E-state index in [1.165, 1.54) is 0 Å². The number of pyridine rings is 2. The Morgan fingerprint density at radius 1 is 0.957 bits per heavy atom. The molecule has 0 unspecified atom stereocenters. The molecule has 3 heterocycles. The molecule has 0 spiro atoms. The van der Waals surface area contributed by atoms with E-state index in [9.17, 15) is 5.11 Å². The second-order valence-corrected chi connectivity index (χ2v) is 5.72. The van der Waals surface area contributed by atoms with Gasteiger partial charge in [-0.1, -0.05) is 0 Å². The van der Waals surface area contributed by atoms with Crippen LogP contribution < -0.4 is 19.6 Å². The number of hydrogen-bond acceptors (Lipinski definition) is 4. The minimum atomic E-state index is 0.181. The van der Waals surface area contributed by atoms with Gasteiger partial charge in [-0.3, -0.25) is 0 Å². The van der Waals surface area contributed by atoms with Crippen molar-refractivity contribution in [2.45, 2.75) is 0 Å². The highest BCUT2D eigenvalue weighted by Gasteiger charge is 2.18. The van der Waals surface area contributed by atoms with Crippen molar-refractivity contribution in [3.05, 3.63) is 48.8 Å². The third-order valence-corrected chi connectivity index (χ3v) is 4.29. The summed E-state index contributed by atoms with van der Waals surface area (Å²) in [5.74, 6) is 1.70. The van der Waals surface area contributed by atoms with E-state index in [0.29, 0.717) is 5.69 Å². The van der Waals surface area contributed by atoms with Crippen LogP contribution in [0.1, 0.15) is 0 Å². The number of nitrogens with two attached hydrogens (primary N) is 1. The summed E-state index contributed by atoms with van der Waals surface area (Å²) in [4.78, 5) is 0. The van der Waals surface area contributed by atoms with Crippen molar-refractivity contribution < 1.29 is 19.0 Å². The summed E-state index contributed by atoms with van der Waals surface area (Å²) >= 11 is 0. The normalized spacial score (nSPS) is 13.2. The van der Waals surface area contributed by atoms with Crippen LogP contribution in [0.25, 0.3) is 27.1 Å². The van der Waals surface area contributed by atoms with Crippen LogP contribution in [0.3, 0.4) is 0 Å². The summed E-state index contributed by atoms with van der Waals surface area (Å²) in [6, 6.07) is 11.4. The largest absolute Gasteiger partial charge is 0.507 e. The molecule has 23 heavy (non-hydrogen) atoms. The smallest absolute Gasteiger partial charge is 0.231 e. The fourth-order valence-electron chi connectivity index (χ4n) is 3.19. The topological polar surface area (TPSA) is 68.8 Å². The lowest BCUT2D eigenvalue weighted by Crippen LogP contribution is -2.20. The molecule has 0 fully saturated rings. The van der Waals surface area contributed by atoms with Gasteiger partial charge in [0, 0.05) is 29.3 Å². The van der Waals surface area contributed by atoms with Gasteiger partial charge >= 0.3 is 0 Å². The van der Waals surface area contributed by atoms with Crippen LogP contribution in [0.2, 0.25) is 0 Å². The maximum Gasteiger partial charge on any atom is 0.231 e. The number of rotatable bonds is 0. The van der Waals surface area contributed by atoms with Gasteiger partial charge in [0.05, 0.1) is 10.8 Å². The average Bonchev–Trinajstić information content (AvgIpc) is 2.98. The van der Waals surface area contributed by atoms with Crippen molar-refractivity contribution in [2.24, 2.45) is 0 Å². The molecule has 1 aliphatic heterocycles. The number of aromatic nitrogens is 1. The first-order chi connectivity index (χ1) is 11.2. The minimum Gasteiger partial charge on any atom is -0.507 e. The van der Waals surface area contributed by atoms with E-state index in [2.05, 4.69) is 0 Å². The molecule has 4 aromatic rings. The van der Waals surface area contributed by atoms with Crippen molar-refractivity contribution >= 4 is 32.7 Å². The summed E-state index contributed by atoms with van der Waals surface area (Å²) in [5.41, 5.74) is 7.40. The predicted octanol–water partition coefficient (Wildman–Crippen LogP) is 2.75. The summed E-state index contributed by atoms with van der Waals surface area (Å²) in [6.45, 7) is 0.254. The molecular weight excluding hydrogens is 292 g/mol. The fraction of sp³-hybridized carbons (Fsp3) is 0.0556. The number of nitrogen functional groups attached to an aromatic ring is 1. The van der Waals surface area contributed by atoms with E-state index in [4.69, 9.17) is 15.2 Å². The zero-order valence-electron chi connectivity index (χ0n) is 12.1. The Balaban J connectivity index is 1.94. The number of phenolic OH excluding ortho intramolecular Hbond substituents is 1. The van der Waals surface area contributed by atoms with Crippen molar-refractivity contribution in [3.63, 3.8) is 0 Å². The Labute approximate surface area is 131 Å². The van der Waals surface area contributed by atoms with Crippen molar-refractivity contribution in [1.82, 2.24) is 0 Å². The number of nitrogens with zero attached hydrogens (tertiary/aromatic N) is 1. The summed E-state index contributed by atoms with van der Waals surface area (Å²) in [6.07, 6.45) is 3.87. The Morgan fingerprint density at radius 2 is 1.78 bits per heavy atom. The number of ether oxygens (including phenoxy) is 2. The summed E-state index contributed by atoms with van der Waals surface area (Å²) in [5, 5.41) is 13.9. The maximum absolute atomic E-state index is 10.1. The van der Waals surface area contributed by atoms with Crippen LogP contribution in [0.15, 0.2) is 48.8 Å². The molecule has 0 radical (unpaired) electrons. The maximum atomic E-state index is 10.1. The van der Waals surface area contributed by atoms with Crippen LogP contribution in [0.5, 0.6) is 17.2 Å². The Morgan fingerprint density at radius 3 is 2.65 bits per heavy atom. The number of fused-ring (bicyclic) bond motifs is 5. The lowest BCUT2D eigenvalue weighted by Gasteiger charge is -2.05. The molecule has 0 aliphatic carbocycles. The van der Waals surface area contributed by atoms with Crippen LogP contribution in [0, 0.1) is 0 Å². The highest BCUT2D eigenvalue weighted by molar-refractivity contribution is 6.00. The van der Waals surface area contributed by atoms with Crippen LogP contribution >= 0.6 is 0 Å². The number of hydrogen-bond donors (Lipinski definition) is 2. The Kier molecular flexibility index (Phi) is 2.24. The van der Waals surface area contributed by atoms with Gasteiger partial charge in [0.15, 0.2) is 23.9 Å². The van der Waals surface area contributed by atoms with Gasteiger partial charge in [-0.2, -0.15) is 4.40 Å². The van der Waals surface area contributed by atoms with E-state index in [1.807, 2.05) is 47.1 Å². The second kappa shape index (κ2) is 4.16. The van der Waals surface area contributed by atoms with Gasteiger partial charge in [-0.25, -0.2) is 0 Å². The lowest BCUT2D eigenvalue weighted by atomic mass is 10.1. The quantitative estimate of drug-likeness (QED) is 0.227. The zero-order chi connectivity index (χ0) is 15.6. The van der Waals surface area contributed by atoms with E-state index in [0.717, 1.165) is 38.6 Å². The molecular formula is C18H13N2O3+. The van der Waals surface area contributed by atoms with Gasteiger partial charge in [0.2, 0.25) is 12.3 Å². The first-order valence-corrected chi connectivity index (χ1v) is 7.29. The van der Waals surface area contributed by atoms with E-state index in [1.54, 1.807) is 6.07 Å². The molecule has 5 rings (SSSR count). The Hall–Kier alpha value is -3.21. The number of phenols is 1. The van der Waals surface area contributed by atoms with Crippen molar-refractivity contribution in [1.29, 1.82) is 0 Å². The highest BCUT2D eigenvalue weighted by atomic mass is 16.7.